The highest BCUT2D eigenvalue weighted by Crippen LogP contribution is 2.67. The number of carbonyl (C=O) groups excluding carboxylic acids is 1. The van der Waals surface area contributed by atoms with Crippen molar-refractivity contribution in [2.75, 3.05) is 13.1 Å². The molecular formula is C30H42N2O4. The van der Waals surface area contributed by atoms with Gasteiger partial charge in [-0.2, -0.15) is 0 Å². The number of amides is 1. The molecule has 0 spiro atoms. The molecule has 2 N–H and O–H groups in total. The molecule has 4 fully saturated rings. The number of fused-ring (bicyclic) bond motifs is 5. The quantitative estimate of drug-likeness (QED) is 0.540. The summed E-state index contributed by atoms with van der Waals surface area (Å²) in [5, 5.41) is 0. The van der Waals surface area contributed by atoms with Gasteiger partial charge in [-0.3, -0.25) is 0 Å². The number of piperidine rings is 1. The van der Waals surface area contributed by atoms with Gasteiger partial charge in [0.15, 0.2) is 0 Å². The highest BCUT2D eigenvalue weighted by molar-refractivity contribution is 5.68. The molecule has 0 bridgehead atoms. The summed E-state index contributed by atoms with van der Waals surface area (Å²) in [7, 11) is 0. The lowest BCUT2D eigenvalue weighted by Gasteiger charge is -2.59. The summed E-state index contributed by atoms with van der Waals surface area (Å²) < 4.78 is 11.3. The van der Waals surface area contributed by atoms with Crippen LogP contribution in [0.4, 0.5) is 4.79 Å². The van der Waals surface area contributed by atoms with Crippen LogP contribution in [0.2, 0.25) is 0 Å². The molecule has 4 aliphatic carbocycles. The normalized spacial score (nSPS) is 42.1. The number of rotatable bonds is 2. The second-order valence-corrected chi connectivity index (χ2v) is 12.9. The van der Waals surface area contributed by atoms with Gasteiger partial charge in [0.05, 0.1) is 6.26 Å². The van der Waals surface area contributed by atoms with Gasteiger partial charge in [0, 0.05) is 25.2 Å². The minimum absolute atomic E-state index is 0.0435. The van der Waals surface area contributed by atoms with Crippen molar-refractivity contribution in [1.29, 1.82) is 0 Å². The molecule has 6 heteroatoms. The molecule has 1 amide bonds. The van der Waals surface area contributed by atoms with Crippen LogP contribution in [0.25, 0.3) is 0 Å². The molecule has 2 heterocycles. The van der Waals surface area contributed by atoms with Gasteiger partial charge in [0.25, 0.3) is 0 Å². The van der Waals surface area contributed by atoms with E-state index >= 15 is 0 Å². The molecule has 1 aromatic heterocycles. The van der Waals surface area contributed by atoms with E-state index in [9.17, 15) is 9.59 Å². The molecule has 8 atom stereocenters. The van der Waals surface area contributed by atoms with Crippen LogP contribution in [0, 0.1) is 28.6 Å². The zero-order chi connectivity index (χ0) is 25.1. The third kappa shape index (κ3) is 3.95. The first-order valence-electron chi connectivity index (χ1n) is 14.3. The fourth-order valence-corrected chi connectivity index (χ4v) is 9.12. The number of nitrogens with zero attached hydrogens (tertiary/aromatic N) is 1. The molecule has 1 aliphatic heterocycles. The van der Waals surface area contributed by atoms with Crippen LogP contribution in [0.1, 0.15) is 89.5 Å². The Hall–Kier alpha value is -2.08. The zero-order valence-electron chi connectivity index (χ0n) is 21.9. The molecule has 1 aromatic rings. The van der Waals surface area contributed by atoms with Gasteiger partial charge >= 0.3 is 11.7 Å². The summed E-state index contributed by atoms with van der Waals surface area (Å²) >= 11 is 0. The predicted octanol–water partition coefficient (Wildman–Crippen LogP) is 5.61. The van der Waals surface area contributed by atoms with Crippen LogP contribution in [0.5, 0.6) is 0 Å². The first-order valence-corrected chi connectivity index (χ1v) is 14.3. The van der Waals surface area contributed by atoms with Crippen LogP contribution in [-0.4, -0.2) is 36.2 Å². The summed E-state index contributed by atoms with van der Waals surface area (Å²) in [6, 6.07) is 3.63. The molecule has 5 aliphatic rings. The van der Waals surface area contributed by atoms with Crippen LogP contribution in [0.15, 0.2) is 39.3 Å². The smallest absolute Gasteiger partial charge is 0.410 e. The predicted molar refractivity (Wildman–Crippen MR) is 138 cm³/mol. The average Bonchev–Trinajstić information content (AvgIpc) is 3.22. The SMILES string of the molecule is C[C@]12CC[C@H](OC(=O)N3CCC[C@H](N)C3)C[C@H]1CC[C@H]1C3=CC[C@H](c4ccc(=O)oc4)[C@@]3(C)CC[C@@H]12. The van der Waals surface area contributed by atoms with Gasteiger partial charge in [-0.15, -0.1) is 0 Å². The minimum Gasteiger partial charge on any atom is -0.446 e. The molecule has 6 nitrogen and oxygen atoms in total. The number of carbonyl (C=O) groups is 1. The van der Waals surface area contributed by atoms with Crippen LogP contribution in [0.3, 0.4) is 0 Å². The number of ether oxygens (including phenoxy) is 1. The van der Waals surface area contributed by atoms with E-state index in [1.807, 2.05) is 11.0 Å². The molecule has 1 saturated heterocycles. The van der Waals surface area contributed by atoms with Crippen molar-refractivity contribution in [3.05, 3.63) is 46.0 Å². The van der Waals surface area contributed by atoms with E-state index in [-0.39, 0.29) is 29.3 Å². The first-order chi connectivity index (χ1) is 17.3. The average molecular weight is 495 g/mol. The summed E-state index contributed by atoms with van der Waals surface area (Å²) in [5.41, 5.74) is 9.13. The van der Waals surface area contributed by atoms with Crippen molar-refractivity contribution in [3.8, 4) is 0 Å². The Kier molecular flexibility index (Phi) is 6.09. The maximum atomic E-state index is 12.8. The number of hydrogen-bond acceptors (Lipinski definition) is 5. The van der Waals surface area contributed by atoms with Crippen molar-refractivity contribution in [1.82, 2.24) is 4.90 Å². The Bertz CT molecular complexity index is 1080. The van der Waals surface area contributed by atoms with E-state index in [2.05, 4.69) is 19.9 Å². The third-order valence-electron chi connectivity index (χ3n) is 11.1. The molecule has 36 heavy (non-hydrogen) atoms. The fourth-order valence-electron chi connectivity index (χ4n) is 9.12. The van der Waals surface area contributed by atoms with Crippen LogP contribution >= 0.6 is 0 Å². The number of allylic oxidation sites excluding steroid dienone is 2. The Morgan fingerprint density at radius 1 is 1.14 bits per heavy atom. The Labute approximate surface area is 214 Å². The highest BCUT2D eigenvalue weighted by atomic mass is 16.6. The maximum absolute atomic E-state index is 12.8. The minimum atomic E-state index is -0.272. The Morgan fingerprint density at radius 3 is 2.78 bits per heavy atom. The van der Waals surface area contributed by atoms with Gasteiger partial charge in [-0.1, -0.05) is 25.5 Å². The van der Waals surface area contributed by atoms with Gasteiger partial charge in [-0.25, -0.2) is 9.59 Å². The lowest BCUT2D eigenvalue weighted by molar-refractivity contribution is -0.0875. The lowest BCUT2D eigenvalue weighted by Crippen LogP contribution is -2.52. The summed E-state index contributed by atoms with van der Waals surface area (Å²) in [6.07, 6.45) is 15.2. The molecular weight excluding hydrogens is 452 g/mol. The zero-order valence-corrected chi connectivity index (χ0v) is 21.9. The van der Waals surface area contributed by atoms with Crippen molar-refractivity contribution in [2.24, 2.45) is 34.3 Å². The number of likely N-dealkylation sites (tertiary alicyclic amines) is 1. The van der Waals surface area contributed by atoms with Crippen molar-refractivity contribution >= 4 is 6.09 Å². The van der Waals surface area contributed by atoms with Gasteiger partial charge in [0.1, 0.15) is 6.10 Å². The standard InChI is InChI=1S/C30H42N2O4/c1-29-13-11-22(36-28(34)32-15-3-4-21(31)17-32)16-20(29)6-7-23-25-9-8-24(19-5-10-27(33)35-18-19)30(25,2)14-12-26(23)29/h5,9-10,18,20-24,26H,3-4,6-8,11-17,31H2,1-2H3/t20-,21+,22+,23+,24-,26+,29+,30-/m1/s1. The maximum Gasteiger partial charge on any atom is 0.410 e. The van der Waals surface area contributed by atoms with E-state index in [0.717, 1.165) is 45.1 Å². The second kappa shape index (κ2) is 9.04. The molecule has 6 rings (SSSR count). The van der Waals surface area contributed by atoms with E-state index < -0.39 is 0 Å². The Balaban J connectivity index is 1.14. The topological polar surface area (TPSA) is 85.8 Å². The molecule has 0 aromatic carbocycles. The summed E-state index contributed by atoms with van der Waals surface area (Å²) in [4.78, 5) is 26.2. The van der Waals surface area contributed by atoms with Crippen LogP contribution in [-0.2, 0) is 4.74 Å². The van der Waals surface area contributed by atoms with Gasteiger partial charge in [-0.05, 0) is 110 Å². The van der Waals surface area contributed by atoms with Crippen LogP contribution < -0.4 is 11.4 Å². The largest absolute Gasteiger partial charge is 0.446 e. The molecule has 3 saturated carbocycles. The van der Waals surface area contributed by atoms with E-state index in [0.29, 0.717) is 35.6 Å². The fraction of sp³-hybridized carbons (Fsp3) is 0.733. The van der Waals surface area contributed by atoms with Gasteiger partial charge < -0.3 is 19.8 Å². The van der Waals surface area contributed by atoms with Crippen molar-refractivity contribution in [2.45, 2.75) is 96.1 Å². The third-order valence-corrected chi connectivity index (χ3v) is 11.1. The monoisotopic (exact) mass is 494 g/mol. The Morgan fingerprint density at radius 2 is 2.00 bits per heavy atom. The number of hydrogen-bond donors (Lipinski definition) is 1. The van der Waals surface area contributed by atoms with Crippen molar-refractivity contribution < 1.29 is 13.9 Å². The summed E-state index contributed by atoms with van der Waals surface area (Å²) in [6.45, 7) is 6.39. The highest BCUT2D eigenvalue weighted by Gasteiger charge is 2.58. The molecule has 196 valence electrons. The van der Waals surface area contributed by atoms with Gasteiger partial charge in [0.2, 0.25) is 0 Å². The summed E-state index contributed by atoms with van der Waals surface area (Å²) in [5.74, 6) is 2.39. The van der Waals surface area contributed by atoms with E-state index in [1.165, 1.54) is 31.2 Å². The number of nitrogens with two attached hydrogens (primary N) is 1. The molecule has 0 radical (unpaired) electrons. The second-order valence-electron chi connectivity index (χ2n) is 12.9. The van der Waals surface area contributed by atoms with E-state index in [4.69, 9.17) is 14.9 Å². The van der Waals surface area contributed by atoms with E-state index in [1.54, 1.807) is 17.9 Å². The first kappa shape index (κ1) is 24.3. The molecule has 0 unspecified atom stereocenters. The van der Waals surface area contributed by atoms with Crippen molar-refractivity contribution in [3.63, 3.8) is 0 Å². The lowest BCUT2D eigenvalue weighted by atomic mass is 9.46.